The largest absolute Gasteiger partial charge is 0.381 e. The second-order valence-electron chi connectivity index (χ2n) is 12.0. The molecule has 6 heteroatoms. The van der Waals surface area contributed by atoms with Gasteiger partial charge in [0.1, 0.15) is 0 Å². The molecule has 0 aromatic carbocycles. The summed E-state index contributed by atoms with van der Waals surface area (Å²) in [6, 6.07) is -0.465. The van der Waals surface area contributed by atoms with E-state index in [1.165, 1.54) is 116 Å². The number of amides is 1. The molecule has 0 heterocycles. The van der Waals surface area contributed by atoms with Gasteiger partial charge >= 0.3 is 0 Å². The van der Waals surface area contributed by atoms with E-state index < -0.39 is 6.04 Å². The van der Waals surface area contributed by atoms with Gasteiger partial charge in [-0.3, -0.25) is 4.79 Å². The molecule has 240 valence electrons. The zero-order valence-electron chi connectivity index (χ0n) is 27.0. The minimum atomic E-state index is -0.465. The Morgan fingerprint density at radius 2 is 1.00 bits per heavy atom. The van der Waals surface area contributed by atoms with Gasteiger partial charge in [-0.15, -0.1) is 0 Å². The van der Waals surface area contributed by atoms with Gasteiger partial charge in [-0.1, -0.05) is 136 Å². The van der Waals surface area contributed by atoms with E-state index in [1.54, 1.807) is 0 Å². The summed E-state index contributed by atoms with van der Waals surface area (Å²) < 4.78 is 12.0. The molecule has 5 N–H and O–H groups in total. The number of rotatable bonds is 33. The van der Waals surface area contributed by atoms with E-state index in [2.05, 4.69) is 19.2 Å². The number of hydrogen-bond acceptors (Lipinski definition) is 5. The van der Waals surface area contributed by atoms with Gasteiger partial charge in [-0.25, -0.2) is 0 Å². The van der Waals surface area contributed by atoms with Crippen molar-refractivity contribution in [1.82, 2.24) is 5.32 Å². The first-order valence-electron chi connectivity index (χ1n) is 17.5. The summed E-state index contributed by atoms with van der Waals surface area (Å²) in [7, 11) is 0. The van der Waals surface area contributed by atoms with Crippen LogP contribution in [0.1, 0.15) is 162 Å². The summed E-state index contributed by atoms with van der Waals surface area (Å²) in [4.78, 5) is 12.4. The molecular weight excluding hydrogens is 498 g/mol. The third-order valence-corrected chi connectivity index (χ3v) is 7.86. The van der Waals surface area contributed by atoms with Crippen LogP contribution in [-0.4, -0.2) is 51.5 Å². The van der Waals surface area contributed by atoms with Crippen LogP contribution in [0.15, 0.2) is 0 Å². The van der Waals surface area contributed by atoms with Crippen LogP contribution in [-0.2, 0) is 14.3 Å². The third kappa shape index (κ3) is 28.8. The van der Waals surface area contributed by atoms with Crippen molar-refractivity contribution in [3.63, 3.8) is 0 Å². The Hall–Kier alpha value is -0.690. The molecule has 0 spiro atoms. The number of nitrogens with two attached hydrogens (primary N) is 2. The fourth-order valence-corrected chi connectivity index (χ4v) is 5.06. The van der Waals surface area contributed by atoms with E-state index in [9.17, 15) is 4.79 Å². The average molecular weight is 570 g/mol. The van der Waals surface area contributed by atoms with Crippen molar-refractivity contribution in [3.8, 4) is 0 Å². The van der Waals surface area contributed by atoms with Crippen molar-refractivity contribution in [2.75, 3.05) is 39.5 Å². The first kappa shape index (κ1) is 39.3. The molecule has 1 amide bonds. The molecule has 0 saturated carbocycles. The maximum atomic E-state index is 12.4. The van der Waals surface area contributed by atoms with Gasteiger partial charge in [0.15, 0.2) is 0 Å². The van der Waals surface area contributed by atoms with Gasteiger partial charge in [0, 0.05) is 25.7 Å². The number of carbonyl (C=O) groups is 1. The Kier molecular flexibility index (Phi) is 32.3. The molecule has 0 aliphatic carbocycles. The molecule has 0 aromatic heterocycles. The molecule has 0 unspecified atom stereocenters. The van der Waals surface area contributed by atoms with Crippen molar-refractivity contribution < 1.29 is 14.3 Å². The van der Waals surface area contributed by atoms with Crippen LogP contribution in [0.5, 0.6) is 0 Å². The van der Waals surface area contributed by atoms with Crippen LogP contribution < -0.4 is 16.8 Å². The predicted octanol–water partition coefficient (Wildman–Crippen LogP) is 8.05. The lowest BCUT2D eigenvalue weighted by molar-refractivity contribution is -0.122. The lowest BCUT2D eigenvalue weighted by Gasteiger charge is -2.20. The molecule has 0 aliphatic rings. The molecule has 6 nitrogen and oxygen atoms in total. The highest BCUT2D eigenvalue weighted by molar-refractivity contribution is 5.81. The highest BCUT2D eigenvalue weighted by atomic mass is 16.5. The van der Waals surface area contributed by atoms with Crippen LogP contribution in [0.4, 0.5) is 0 Å². The summed E-state index contributed by atoms with van der Waals surface area (Å²) >= 11 is 0. The maximum absolute atomic E-state index is 12.4. The van der Waals surface area contributed by atoms with E-state index in [4.69, 9.17) is 20.9 Å². The van der Waals surface area contributed by atoms with E-state index in [0.29, 0.717) is 32.7 Å². The summed E-state index contributed by atoms with van der Waals surface area (Å²) in [6.45, 7) is 8.57. The van der Waals surface area contributed by atoms with Gasteiger partial charge in [0.2, 0.25) is 5.91 Å². The van der Waals surface area contributed by atoms with Crippen molar-refractivity contribution in [1.29, 1.82) is 0 Å². The minimum Gasteiger partial charge on any atom is -0.381 e. The molecule has 0 aliphatic heterocycles. The zero-order chi connectivity index (χ0) is 29.4. The van der Waals surface area contributed by atoms with Gasteiger partial charge in [0.05, 0.1) is 19.3 Å². The van der Waals surface area contributed by atoms with Gasteiger partial charge < -0.3 is 26.3 Å². The summed E-state index contributed by atoms with van der Waals surface area (Å²) in [5.74, 6) is 0.0813. The summed E-state index contributed by atoms with van der Waals surface area (Å²) in [5, 5.41) is 3.04. The van der Waals surface area contributed by atoms with Gasteiger partial charge in [0.25, 0.3) is 0 Å². The van der Waals surface area contributed by atoms with Crippen molar-refractivity contribution in [2.24, 2.45) is 17.4 Å². The standard InChI is InChI=1S/C34H71N3O3/c1-3-5-7-9-11-13-15-17-19-23-27-39-30-32(29-37-34(38)33(36)25-21-22-26-35)31-40-28-24-20-18-16-14-12-10-8-6-4-2/h32-33H,3-31,35-36H2,1-2H3,(H,37,38)/t33-/m0/s1. The quantitative estimate of drug-likeness (QED) is 0.0694. The number of carbonyl (C=O) groups excluding carboxylic acids is 1. The predicted molar refractivity (Wildman–Crippen MR) is 173 cm³/mol. The second kappa shape index (κ2) is 32.8. The molecule has 1 atom stereocenters. The van der Waals surface area contributed by atoms with E-state index >= 15 is 0 Å². The lowest BCUT2D eigenvalue weighted by Crippen LogP contribution is -2.43. The van der Waals surface area contributed by atoms with Crippen LogP contribution in [0.3, 0.4) is 0 Å². The zero-order valence-corrected chi connectivity index (χ0v) is 27.0. The SMILES string of the molecule is CCCCCCCCCCCCOCC(CNC(=O)[C@@H](N)CCCCN)COCCCCCCCCCCCC. The van der Waals surface area contributed by atoms with Gasteiger partial charge in [-0.05, 0) is 32.2 Å². The highest BCUT2D eigenvalue weighted by Crippen LogP contribution is 2.12. The van der Waals surface area contributed by atoms with Crippen molar-refractivity contribution in [3.05, 3.63) is 0 Å². The monoisotopic (exact) mass is 570 g/mol. The Morgan fingerprint density at radius 3 is 1.40 bits per heavy atom. The number of unbranched alkanes of at least 4 members (excludes halogenated alkanes) is 19. The first-order chi connectivity index (χ1) is 19.7. The molecular formula is C34H71N3O3. The van der Waals surface area contributed by atoms with E-state index in [1.807, 2.05) is 0 Å². The highest BCUT2D eigenvalue weighted by Gasteiger charge is 2.16. The number of ether oxygens (including phenoxy) is 2. The Balaban J connectivity index is 4.06. The Bertz CT molecular complexity index is 479. The maximum Gasteiger partial charge on any atom is 0.236 e. The van der Waals surface area contributed by atoms with Crippen LogP contribution in [0.2, 0.25) is 0 Å². The molecule has 0 rings (SSSR count). The van der Waals surface area contributed by atoms with E-state index in [-0.39, 0.29) is 11.8 Å². The molecule has 0 fully saturated rings. The fraction of sp³-hybridized carbons (Fsp3) is 0.971. The average Bonchev–Trinajstić information content (AvgIpc) is 2.96. The summed E-state index contributed by atoms with van der Waals surface area (Å²) in [5.41, 5.74) is 11.6. The van der Waals surface area contributed by atoms with Gasteiger partial charge in [-0.2, -0.15) is 0 Å². The molecule has 0 aromatic rings. The van der Waals surface area contributed by atoms with Crippen LogP contribution in [0, 0.1) is 5.92 Å². The smallest absolute Gasteiger partial charge is 0.236 e. The number of nitrogens with one attached hydrogen (secondary N) is 1. The van der Waals surface area contributed by atoms with Crippen molar-refractivity contribution >= 4 is 5.91 Å². The minimum absolute atomic E-state index is 0.0774. The number of hydrogen-bond donors (Lipinski definition) is 3. The first-order valence-corrected chi connectivity index (χ1v) is 17.5. The Morgan fingerprint density at radius 1 is 0.600 bits per heavy atom. The second-order valence-corrected chi connectivity index (χ2v) is 12.0. The normalized spacial score (nSPS) is 12.3. The third-order valence-electron chi connectivity index (χ3n) is 7.86. The van der Waals surface area contributed by atoms with Crippen LogP contribution >= 0.6 is 0 Å². The lowest BCUT2D eigenvalue weighted by atomic mass is 10.1. The molecule has 0 bridgehead atoms. The molecule has 0 saturated heterocycles. The Labute approximate surface area is 249 Å². The van der Waals surface area contributed by atoms with Crippen LogP contribution in [0.25, 0.3) is 0 Å². The summed E-state index contributed by atoms with van der Waals surface area (Å²) in [6.07, 6.45) is 29.0. The fourth-order valence-electron chi connectivity index (χ4n) is 5.06. The van der Waals surface area contributed by atoms with E-state index in [0.717, 1.165) is 38.9 Å². The molecule has 0 radical (unpaired) electrons. The van der Waals surface area contributed by atoms with Crippen molar-refractivity contribution in [2.45, 2.75) is 168 Å². The molecule has 40 heavy (non-hydrogen) atoms. The topological polar surface area (TPSA) is 99.6 Å².